The molecule has 0 unspecified atom stereocenters. The van der Waals surface area contributed by atoms with Gasteiger partial charge in [0.15, 0.2) is 0 Å². The van der Waals surface area contributed by atoms with Gasteiger partial charge in [0.25, 0.3) is 0 Å². The summed E-state index contributed by atoms with van der Waals surface area (Å²) in [5, 5.41) is 0. The zero-order valence-corrected chi connectivity index (χ0v) is 21.2. The molecule has 3 rings (SSSR count). The van der Waals surface area contributed by atoms with Crippen LogP contribution < -0.4 is 5.69 Å². The normalized spacial score (nSPS) is 12.1. The van der Waals surface area contributed by atoms with E-state index >= 15 is 0 Å². The molecule has 7 nitrogen and oxygen atoms in total. The van der Waals surface area contributed by atoms with E-state index in [0.717, 1.165) is 8.14 Å². The van der Waals surface area contributed by atoms with Gasteiger partial charge in [-0.2, -0.15) is 4.57 Å². The topological polar surface area (TPSA) is 79.5 Å². The van der Waals surface area contributed by atoms with Gasteiger partial charge in [-0.15, -0.1) is 0 Å². The average Bonchev–Trinajstić information content (AvgIpc) is 2.91. The van der Waals surface area contributed by atoms with Gasteiger partial charge in [-0.25, -0.2) is 14.4 Å². The number of benzene rings is 2. The molecule has 0 N–H and O–H groups in total. The second kappa shape index (κ2) is 8.73. The lowest BCUT2D eigenvalue weighted by molar-refractivity contribution is 0.00678. The van der Waals surface area contributed by atoms with Crippen molar-refractivity contribution in [3.05, 3.63) is 67.6 Å². The number of carbonyl (C=O) groups excluding carboxylic acids is 2. The second-order valence-corrected chi connectivity index (χ2v) is 10.7. The largest absolute Gasteiger partial charge is 0.456 e. The Morgan fingerprint density at radius 3 is 2.16 bits per heavy atom. The maximum absolute atomic E-state index is 13.3. The third kappa shape index (κ3) is 5.40. The van der Waals surface area contributed by atoms with Crippen molar-refractivity contribution in [2.24, 2.45) is 0 Å². The van der Waals surface area contributed by atoms with Crippen LogP contribution in [0.15, 0.2) is 47.3 Å². The number of ether oxygens (including phenoxy) is 2. The number of fused-ring (bicyclic) bond motifs is 1. The first-order chi connectivity index (χ1) is 14.8. The van der Waals surface area contributed by atoms with E-state index in [1.165, 1.54) is 4.57 Å². The van der Waals surface area contributed by atoms with Crippen LogP contribution in [0.4, 0.5) is 4.79 Å². The summed E-state index contributed by atoms with van der Waals surface area (Å²) in [7, 11) is 0. The van der Waals surface area contributed by atoms with Gasteiger partial charge in [0.1, 0.15) is 11.2 Å². The zero-order valence-electron chi connectivity index (χ0n) is 19.1. The van der Waals surface area contributed by atoms with E-state index < -0.39 is 29.0 Å². The first-order valence-corrected chi connectivity index (χ1v) is 11.3. The van der Waals surface area contributed by atoms with Crippen LogP contribution in [0.1, 0.15) is 57.5 Å². The Morgan fingerprint density at radius 2 is 1.53 bits per heavy atom. The number of nitrogens with zero attached hydrogens (tertiary/aromatic N) is 2. The third-order valence-corrected chi connectivity index (χ3v) is 5.10. The first-order valence-electron chi connectivity index (χ1n) is 10.2. The maximum Gasteiger partial charge on any atom is 0.423 e. The Balaban J connectivity index is 2.13. The highest BCUT2D eigenvalue weighted by Crippen LogP contribution is 2.22. The van der Waals surface area contributed by atoms with Crippen LogP contribution in [0.2, 0.25) is 0 Å². The summed E-state index contributed by atoms with van der Waals surface area (Å²) in [6, 6.07) is 12.4. The molecule has 0 bridgehead atoms. The van der Waals surface area contributed by atoms with E-state index in [9.17, 15) is 14.4 Å². The van der Waals surface area contributed by atoms with Crippen LogP contribution in [-0.2, 0) is 16.0 Å². The molecular formula is C24H27IN2O5. The van der Waals surface area contributed by atoms with E-state index in [1.807, 2.05) is 12.1 Å². The summed E-state index contributed by atoms with van der Waals surface area (Å²) in [4.78, 5) is 38.9. The Labute approximate surface area is 200 Å². The highest BCUT2D eigenvalue weighted by molar-refractivity contribution is 14.1. The van der Waals surface area contributed by atoms with E-state index in [0.29, 0.717) is 22.2 Å². The first kappa shape index (κ1) is 24.0. The second-order valence-electron chi connectivity index (χ2n) is 9.48. The Bertz CT molecular complexity index is 1240. The van der Waals surface area contributed by atoms with Gasteiger partial charge < -0.3 is 9.47 Å². The van der Waals surface area contributed by atoms with Gasteiger partial charge in [-0.05, 0) is 94.0 Å². The fourth-order valence-corrected chi connectivity index (χ4v) is 3.70. The van der Waals surface area contributed by atoms with E-state index in [-0.39, 0.29) is 6.54 Å². The van der Waals surface area contributed by atoms with E-state index in [4.69, 9.17) is 9.47 Å². The van der Waals surface area contributed by atoms with Crippen molar-refractivity contribution in [2.45, 2.75) is 59.3 Å². The molecule has 1 aromatic heterocycles. The molecule has 32 heavy (non-hydrogen) atoms. The molecule has 0 atom stereocenters. The predicted molar refractivity (Wildman–Crippen MR) is 131 cm³/mol. The minimum Gasteiger partial charge on any atom is -0.456 e. The summed E-state index contributed by atoms with van der Waals surface area (Å²) in [5.41, 5.74) is 0.0759. The molecule has 0 aliphatic carbocycles. The van der Waals surface area contributed by atoms with Crippen LogP contribution in [0.25, 0.3) is 11.0 Å². The fourth-order valence-electron chi connectivity index (χ4n) is 3.23. The molecule has 8 heteroatoms. The van der Waals surface area contributed by atoms with Gasteiger partial charge >= 0.3 is 17.8 Å². The lowest BCUT2D eigenvalue weighted by atomic mass is 10.1. The quantitative estimate of drug-likeness (QED) is 0.331. The molecule has 0 fully saturated rings. The molecule has 0 spiro atoms. The van der Waals surface area contributed by atoms with Crippen LogP contribution in [0, 0.1) is 3.57 Å². The minimum atomic E-state index is -0.753. The predicted octanol–water partition coefficient (Wildman–Crippen LogP) is 5.19. The number of halogens is 1. The van der Waals surface area contributed by atoms with Gasteiger partial charge in [0, 0.05) is 3.57 Å². The number of hydrogen-bond donors (Lipinski definition) is 0. The zero-order chi connectivity index (χ0) is 23.8. The molecule has 0 amide bonds. The van der Waals surface area contributed by atoms with Gasteiger partial charge in [0.2, 0.25) is 0 Å². The molecule has 0 saturated carbocycles. The highest BCUT2D eigenvalue weighted by atomic mass is 127. The SMILES string of the molecule is CC(C)(C)OC(=O)c1ccccc1Cn1c(=O)n(C(=O)OC(C)(C)C)c2ccc(I)cc21. The number of aromatic nitrogens is 2. The number of rotatable bonds is 3. The summed E-state index contributed by atoms with van der Waals surface area (Å²) < 4.78 is 14.4. The standard InChI is InChI=1S/C24H27IN2O5/c1-23(2,3)31-20(28)17-10-8-7-9-15(17)14-26-19-13-16(25)11-12-18(19)27(21(26)29)22(30)32-24(4,5)6/h7-13H,14H2,1-6H3. The van der Waals surface area contributed by atoms with Crippen molar-refractivity contribution >= 4 is 45.7 Å². The molecule has 0 saturated heterocycles. The molecule has 0 radical (unpaired) electrons. The number of hydrogen-bond acceptors (Lipinski definition) is 5. The summed E-state index contributed by atoms with van der Waals surface area (Å²) in [6.45, 7) is 10.7. The Morgan fingerprint density at radius 1 is 0.906 bits per heavy atom. The molecule has 0 aliphatic rings. The average molecular weight is 550 g/mol. The van der Waals surface area contributed by atoms with Crippen molar-refractivity contribution in [3.8, 4) is 0 Å². The number of imidazole rings is 1. The number of carbonyl (C=O) groups is 2. The highest BCUT2D eigenvalue weighted by Gasteiger charge is 2.25. The fraction of sp³-hybridized carbons (Fsp3) is 0.375. The van der Waals surface area contributed by atoms with E-state index in [1.54, 1.807) is 71.9 Å². The third-order valence-electron chi connectivity index (χ3n) is 4.43. The van der Waals surface area contributed by atoms with Crippen molar-refractivity contribution < 1.29 is 19.1 Å². The van der Waals surface area contributed by atoms with Crippen molar-refractivity contribution in [1.29, 1.82) is 0 Å². The molecule has 2 aromatic carbocycles. The lowest BCUT2D eigenvalue weighted by Gasteiger charge is -2.20. The van der Waals surface area contributed by atoms with Crippen LogP contribution in [0.3, 0.4) is 0 Å². The molecule has 170 valence electrons. The summed E-state index contributed by atoms with van der Waals surface area (Å²) >= 11 is 2.15. The maximum atomic E-state index is 13.3. The molecular weight excluding hydrogens is 523 g/mol. The minimum absolute atomic E-state index is 0.0979. The van der Waals surface area contributed by atoms with Gasteiger partial charge in [-0.3, -0.25) is 4.57 Å². The van der Waals surface area contributed by atoms with Gasteiger partial charge in [-0.1, -0.05) is 18.2 Å². The van der Waals surface area contributed by atoms with E-state index in [2.05, 4.69) is 22.6 Å². The Kier molecular flexibility index (Phi) is 6.55. The summed E-state index contributed by atoms with van der Waals surface area (Å²) in [6.07, 6.45) is -0.743. The van der Waals surface area contributed by atoms with Crippen molar-refractivity contribution in [1.82, 2.24) is 9.13 Å². The van der Waals surface area contributed by atoms with Crippen LogP contribution in [-0.4, -0.2) is 32.4 Å². The lowest BCUT2D eigenvalue weighted by Crippen LogP contribution is -2.34. The van der Waals surface area contributed by atoms with Crippen molar-refractivity contribution in [2.75, 3.05) is 0 Å². The van der Waals surface area contributed by atoms with Crippen LogP contribution in [0.5, 0.6) is 0 Å². The van der Waals surface area contributed by atoms with Gasteiger partial charge in [0.05, 0.1) is 23.1 Å². The molecule has 0 aliphatic heterocycles. The summed E-state index contributed by atoms with van der Waals surface area (Å²) in [5.74, 6) is -0.466. The Hall–Kier alpha value is -2.62. The molecule has 3 aromatic rings. The van der Waals surface area contributed by atoms with Crippen molar-refractivity contribution in [3.63, 3.8) is 0 Å². The monoisotopic (exact) mass is 550 g/mol. The molecule has 1 heterocycles. The number of esters is 1. The smallest absolute Gasteiger partial charge is 0.423 e. The van der Waals surface area contributed by atoms with Crippen LogP contribution >= 0.6 is 22.6 Å².